The summed E-state index contributed by atoms with van der Waals surface area (Å²) in [5, 5.41) is 8.64. The molecular weight excluding hydrogens is 333 g/mol. The fourth-order valence-corrected chi connectivity index (χ4v) is 3.67. The highest BCUT2D eigenvalue weighted by Gasteiger charge is 2.12. The number of nitrogens with zero attached hydrogens (tertiary/aromatic N) is 1. The second kappa shape index (κ2) is 8.81. The molecule has 3 nitrogen and oxygen atoms in total. The highest BCUT2D eigenvalue weighted by molar-refractivity contribution is 8.02. The molecule has 0 bridgehead atoms. The third-order valence-corrected chi connectivity index (χ3v) is 5.04. The largest absolute Gasteiger partial charge is 0.387 e. The number of nitrogens with one attached hydrogen (secondary N) is 2. The Kier molecular flexibility index (Phi) is 6.23. The SMILES string of the molecule is CN/C(=C\SCNc1ccc(F)cc1)c1ccc(N2CCCC2)cc1. The van der Waals surface area contributed by atoms with E-state index in [2.05, 4.69) is 45.2 Å². The minimum Gasteiger partial charge on any atom is -0.387 e. The Hall–Kier alpha value is -2.14. The van der Waals surface area contributed by atoms with Crippen LogP contribution >= 0.6 is 11.8 Å². The van der Waals surface area contributed by atoms with Gasteiger partial charge in [-0.1, -0.05) is 12.1 Å². The van der Waals surface area contributed by atoms with Gasteiger partial charge in [0.05, 0.1) is 5.88 Å². The van der Waals surface area contributed by atoms with Crippen LogP contribution in [0.2, 0.25) is 0 Å². The fraction of sp³-hybridized carbons (Fsp3) is 0.300. The number of hydrogen-bond acceptors (Lipinski definition) is 4. The van der Waals surface area contributed by atoms with Crippen molar-refractivity contribution in [3.8, 4) is 0 Å². The van der Waals surface area contributed by atoms with E-state index < -0.39 is 0 Å². The van der Waals surface area contributed by atoms with Crippen molar-refractivity contribution in [3.05, 3.63) is 65.3 Å². The molecule has 2 N–H and O–H groups in total. The number of benzene rings is 2. The summed E-state index contributed by atoms with van der Waals surface area (Å²) in [5.41, 5.74) is 4.50. The second-order valence-corrected chi connectivity index (χ2v) is 6.87. The average molecular weight is 357 g/mol. The highest BCUT2D eigenvalue weighted by atomic mass is 32.2. The van der Waals surface area contributed by atoms with E-state index in [0.29, 0.717) is 0 Å². The molecular formula is C20H24FN3S. The van der Waals surface area contributed by atoms with Crippen molar-refractivity contribution < 1.29 is 4.39 Å². The second-order valence-electron chi connectivity index (χ2n) is 6.02. The summed E-state index contributed by atoms with van der Waals surface area (Å²) >= 11 is 1.67. The van der Waals surface area contributed by atoms with Crippen molar-refractivity contribution >= 4 is 28.8 Å². The van der Waals surface area contributed by atoms with E-state index in [1.54, 1.807) is 23.9 Å². The predicted octanol–water partition coefficient (Wildman–Crippen LogP) is 4.75. The Bertz CT molecular complexity index is 692. The maximum Gasteiger partial charge on any atom is 0.123 e. The van der Waals surface area contributed by atoms with Crippen LogP contribution < -0.4 is 15.5 Å². The summed E-state index contributed by atoms with van der Waals surface area (Å²) in [4.78, 5) is 2.44. The normalized spacial score (nSPS) is 14.6. The van der Waals surface area contributed by atoms with Crippen LogP contribution in [0, 0.1) is 5.82 Å². The van der Waals surface area contributed by atoms with E-state index >= 15 is 0 Å². The molecule has 0 spiro atoms. The molecule has 0 atom stereocenters. The molecule has 0 aliphatic carbocycles. The van der Waals surface area contributed by atoms with Crippen molar-refractivity contribution in [2.24, 2.45) is 0 Å². The smallest absolute Gasteiger partial charge is 0.123 e. The van der Waals surface area contributed by atoms with Gasteiger partial charge in [-0.05, 0) is 60.2 Å². The van der Waals surface area contributed by atoms with Crippen LogP contribution in [0.15, 0.2) is 53.9 Å². The lowest BCUT2D eigenvalue weighted by Crippen LogP contribution is -2.17. The van der Waals surface area contributed by atoms with Gasteiger partial charge in [0.1, 0.15) is 5.82 Å². The number of halogens is 1. The van der Waals surface area contributed by atoms with Crippen LogP contribution in [0.3, 0.4) is 0 Å². The standard InChI is InChI=1S/C20H24FN3S/c1-22-20(14-25-15-23-18-8-6-17(21)7-9-18)16-4-10-19(11-5-16)24-12-2-3-13-24/h4-11,14,22-23H,2-3,12-13,15H2,1H3/b20-14-. The molecule has 0 amide bonds. The van der Waals surface area contributed by atoms with Crippen molar-refractivity contribution in [3.63, 3.8) is 0 Å². The van der Waals surface area contributed by atoms with E-state index in [0.717, 1.165) is 17.3 Å². The first-order chi connectivity index (χ1) is 12.3. The molecule has 5 heteroatoms. The Labute approximate surface area is 153 Å². The zero-order chi connectivity index (χ0) is 17.5. The summed E-state index contributed by atoms with van der Waals surface area (Å²) in [6, 6.07) is 15.2. The molecule has 0 unspecified atom stereocenters. The van der Waals surface area contributed by atoms with Crippen LogP contribution in [0.25, 0.3) is 5.70 Å². The summed E-state index contributed by atoms with van der Waals surface area (Å²) in [7, 11) is 1.94. The minimum atomic E-state index is -0.215. The Morgan fingerprint density at radius 1 is 1.08 bits per heavy atom. The quantitative estimate of drug-likeness (QED) is 0.552. The number of hydrogen-bond donors (Lipinski definition) is 2. The van der Waals surface area contributed by atoms with Crippen molar-refractivity contribution in [2.45, 2.75) is 12.8 Å². The van der Waals surface area contributed by atoms with E-state index in [4.69, 9.17) is 0 Å². The average Bonchev–Trinajstić information content (AvgIpc) is 3.18. The van der Waals surface area contributed by atoms with Gasteiger partial charge in [0.15, 0.2) is 0 Å². The van der Waals surface area contributed by atoms with Gasteiger partial charge in [-0.3, -0.25) is 0 Å². The molecule has 132 valence electrons. The van der Waals surface area contributed by atoms with Gasteiger partial charge < -0.3 is 15.5 Å². The Morgan fingerprint density at radius 3 is 2.40 bits per heavy atom. The first-order valence-electron chi connectivity index (χ1n) is 8.60. The lowest BCUT2D eigenvalue weighted by atomic mass is 10.1. The van der Waals surface area contributed by atoms with E-state index in [9.17, 15) is 4.39 Å². The van der Waals surface area contributed by atoms with Gasteiger partial charge in [-0.2, -0.15) is 0 Å². The Balaban J connectivity index is 1.55. The molecule has 2 aromatic rings. The van der Waals surface area contributed by atoms with Gasteiger partial charge in [-0.15, -0.1) is 11.8 Å². The first kappa shape index (κ1) is 17.7. The summed E-state index contributed by atoms with van der Waals surface area (Å²) in [6.45, 7) is 2.33. The molecule has 1 aliphatic heterocycles. The third kappa shape index (κ3) is 4.92. The molecule has 0 aromatic heterocycles. The maximum atomic E-state index is 12.9. The van der Waals surface area contributed by atoms with E-state index in [1.165, 1.54) is 49.3 Å². The van der Waals surface area contributed by atoms with Crippen LogP contribution in [0.1, 0.15) is 18.4 Å². The highest BCUT2D eigenvalue weighted by Crippen LogP contribution is 2.23. The molecule has 0 radical (unpaired) electrons. The van der Waals surface area contributed by atoms with Gasteiger partial charge in [0.2, 0.25) is 0 Å². The molecule has 1 fully saturated rings. The summed E-state index contributed by atoms with van der Waals surface area (Å²) < 4.78 is 12.9. The van der Waals surface area contributed by atoms with Gasteiger partial charge in [-0.25, -0.2) is 4.39 Å². The van der Waals surface area contributed by atoms with Crippen LogP contribution in [-0.2, 0) is 0 Å². The van der Waals surface area contributed by atoms with Gasteiger partial charge in [0, 0.05) is 37.2 Å². The minimum absolute atomic E-state index is 0.215. The number of anilines is 2. The van der Waals surface area contributed by atoms with Crippen LogP contribution in [0.5, 0.6) is 0 Å². The predicted molar refractivity (Wildman–Crippen MR) is 107 cm³/mol. The fourth-order valence-electron chi connectivity index (χ4n) is 2.92. The molecule has 2 aromatic carbocycles. The zero-order valence-corrected chi connectivity index (χ0v) is 15.3. The molecule has 0 saturated carbocycles. The van der Waals surface area contributed by atoms with E-state index in [1.807, 2.05) is 7.05 Å². The van der Waals surface area contributed by atoms with Crippen LogP contribution in [0.4, 0.5) is 15.8 Å². The van der Waals surface area contributed by atoms with Crippen molar-refractivity contribution in [1.29, 1.82) is 0 Å². The first-order valence-corrected chi connectivity index (χ1v) is 9.65. The molecule has 3 rings (SSSR count). The lowest BCUT2D eigenvalue weighted by molar-refractivity contribution is 0.628. The topological polar surface area (TPSA) is 27.3 Å². The molecule has 1 saturated heterocycles. The van der Waals surface area contributed by atoms with Gasteiger partial charge >= 0.3 is 0 Å². The number of rotatable bonds is 7. The van der Waals surface area contributed by atoms with Crippen LogP contribution in [-0.4, -0.2) is 26.0 Å². The van der Waals surface area contributed by atoms with Crippen molar-refractivity contribution in [2.75, 3.05) is 36.2 Å². The summed E-state index contributed by atoms with van der Waals surface area (Å²) in [5.74, 6) is 0.510. The Morgan fingerprint density at radius 2 is 1.76 bits per heavy atom. The third-order valence-electron chi connectivity index (χ3n) is 4.32. The monoisotopic (exact) mass is 357 g/mol. The molecule has 1 aliphatic rings. The summed E-state index contributed by atoms with van der Waals surface area (Å²) in [6.07, 6.45) is 2.59. The van der Waals surface area contributed by atoms with Crippen molar-refractivity contribution in [1.82, 2.24) is 5.32 Å². The molecule has 1 heterocycles. The lowest BCUT2D eigenvalue weighted by Gasteiger charge is -2.18. The van der Waals surface area contributed by atoms with E-state index in [-0.39, 0.29) is 5.82 Å². The maximum absolute atomic E-state index is 12.9. The molecule has 25 heavy (non-hydrogen) atoms. The van der Waals surface area contributed by atoms with Gasteiger partial charge in [0.25, 0.3) is 0 Å². The zero-order valence-electron chi connectivity index (χ0n) is 14.5. The number of thioether (sulfide) groups is 1.